The van der Waals surface area contributed by atoms with Crippen molar-refractivity contribution in [1.29, 1.82) is 0 Å². The Morgan fingerprint density at radius 2 is 1.71 bits per heavy atom. The number of rotatable bonds is 2. The summed E-state index contributed by atoms with van der Waals surface area (Å²) in [5.41, 5.74) is -0.141. The van der Waals surface area contributed by atoms with Crippen LogP contribution >= 0.6 is 23.2 Å². The van der Waals surface area contributed by atoms with E-state index in [0.717, 1.165) is 12.1 Å². The quantitative estimate of drug-likeness (QED) is 0.849. The van der Waals surface area contributed by atoms with Crippen molar-refractivity contribution in [2.24, 2.45) is 5.14 Å². The van der Waals surface area contributed by atoms with Gasteiger partial charge in [-0.2, -0.15) is 8.42 Å². The second-order valence-electron chi connectivity index (χ2n) is 2.39. The summed E-state index contributed by atoms with van der Waals surface area (Å²) >= 11 is 11.1. The first-order chi connectivity index (χ1) is 6.29. The molecule has 1 aromatic rings. The van der Waals surface area contributed by atoms with Crippen LogP contribution in [0.3, 0.4) is 0 Å². The van der Waals surface area contributed by atoms with Crippen molar-refractivity contribution in [2.45, 2.75) is 0 Å². The first-order valence-corrected chi connectivity index (χ1v) is 5.55. The Labute approximate surface area is 90.0 Å². The van der Waals surface area contributed by atoms with Crippen LogP contribution in [0, 0.1) is 5.82 Å². The molecule has 1 rings (SSSR count). The van der Waals surface area contributed by atoms with Crippen LogP contribution in [-0.4, -0.2) is 8.42 Å². The molecule has 0 aliphatic rings. The van der Waals surface area contributed by atoms with Crippen LogP contribution in [0.4, 0.5) is 10.1 Å². The van der Waals surface area contributed by atoms with Crippen LogP contribution in [0.1, 0.15) is 0 Å². The van der Waals surface area contributed by atoms with E-state index in [1.54, 1.807) is 0 Å². The summed E-state index contributed by atoms with van der Waals surface area (Å²) in [5.74, 6) is -0.667. The largest absolute Gasteiger partial charge is 0.296 e. The third-order valence-corrected chi connectivity index (χ3v) is 2.34. The van der Waals surface area contributed by atoms with Gasteiger partial charge >= 0.3 is 0 Å². The SMILES string of the molecule is NS(=O)(=O)Nc1c(Cl)cc(F)cc1Cl. The van der Waals surface area contributed by atoms with Crippen LogP contribution < -0.4 is 9.86 Å². The number of benzene rings is 1. The molecule has 0 fully saturated rings. The smallest absolute Gasteiger partial charge is 0.268 e. The van der Waals surface area contributed by atoms with Gasteiger partial charge < -0.3 is 0 Å². The van der Waals surface area contributed by atoms with Crippen LogP contribution in [0.2, 0.25) is 10.0 Å². The average molecular weight is 259 g/mol. The molecule has 14 heavy (non-hydrogen) atoms. The Morgan fingerprint density at radius 3 is 2.07 bits per heavy atom. The van der Waals surface area contributed by atoms with Crippen molar-refractivity contribution in [1.82, 2.24) is 0 Å². The fourth-order valence-corrected chi connectivity index (χ4v) is 1.95. The predicted molar refractivity (Wildman–Crippen MR) is 53.1 cm³/mol. The molecule has 0 saturated heterocycles. The molecule has 0 radical (unpaired) electrons. The first kappa shape index (κ1) is 11.5. The predicted octanol–water partition coefficient (Wildman–Crippen LogP) is 1.75. The maximum absolute atomic E-state index is 12.7. The molecule has 0 amide bonds. The lowest BCUT2D eigenvalue weighted by atomic mass is 10.3. The van der Waals surface area contributed by atoms with Crippen LogP contribution in [0.15, 0.2) is 12.1 Å². The zero-order valence-corrected chi connectivity index (χ0v) is 8.92. The molecule has 0 atom stereocenters. The van der Waals surface area contributed by atoms with Crippen molar-refractivity contribution >= 4 is 39.1 Å². The summed E-state index contributed by atoms with van der Waals surface area (Å²) in [6, 6.07) is 1.84. The van der Waals surface area contributed by atoms with Gasteiger partial charge in [0, 0.05) is 0 Å². The lowest BCUT2D eigenvalue weighted by Crippen LogP contribution is -2.22. The molecule has 0 saturated carbocycles. The number of anilines is 1. The van der Waals surface area contributed by atoms with Gasteiger partial charge in [0.15, 0.2) is 0 Å². The maximum atomic E-state index is 12.7. The second kappa shape index (κ2) is 3.90. The lowest BCUT2D eigenvalue weighted by Gasteiger charge is -2.07. The molecule has 0 aromatic heterocycles. The fourth-order valence-electron chi connectivity index (χ4n) is 0.782. The Bertz CT molecular complexity index is 440. The Morgan fingerprint density at radius 1 is 1.29 bits per heavy atom. The van der Waals surface area contributed by atoms with Crippen LogP contribution in [0.25, 0.3) is 0 Å². The van der Waals surface area contributed by atoms with E-state index in [2.05, 4.69) is 0 Å². The zero-order chi connectivity index (χ0) is 10.9. The zero-order valence-electron chi connectivity index (χ0n) is 6.59. The molecule has 4 nitrogen and oxygen atoms in total. The van der Waals surface area contributed by atoms with E-state index in [1.807, 2.05) is 4.72 Å². The summed E-state index contributed by atoms with van der Waals surface area (Å²) in [7, 11) is -3.98. The summed E-state index contributed by atoms with van der Waals surface area (Å²) in [6.07, 6.45) is 0. The molecule has 1 aromatic carbocycles. The number of halogens is 3. The molecule has 0 spiro atoms. The number of hydrogen-bond acceptors (Lipinski definition) is 2. The Kier molecular flexibility index (Phi) is 3.20. The molecule has 0 heterocycles. The number of nitrogens with two attached hydrogens (primary N) is 1. The van der Waals surface area contributed by atoms with E-state index >= 15 is 0 Å². The van der Waals surface area contributed by atoms with Gasteiger partial charge in [-0.25, -0.2) is 9.53 Å². The van der Waals surface area contributed by atoms with Gasteiger partial charge in [0.25, 0.3) is 10.2 Å². The Hall–Kier alpha value is -0.560. The molecule has 78 valence electrons. The highest BCUT2D eigenvalue weighted by molar-refractivity contribution is 7.90. The lowest BCUT2D eigenvalue weighted by molar-refractivity contribution is 0.602. The fraction of sp³-hybridized carbons (Fsp3) is 0. The maximum Gasteiger partial charge on any atom is 0.296 e. The van der Waals surface area contributed by atoms with Gasteiger partial charge in [-0.1, -0.05) is 23.2 Å². The molecule has 3 N–H and O–H groups in total. The van der Waals surface area contributed by atoms with Crippen LogP contribution in [-0.2, 0) is 10.2 Å². The van der Waals surface area contributed by atoms with Gasteiger partial charge in [0.1, 0.15) is 5.82 Å². The minimum Gasteiger partial charge on any atom is -0.268 e. The van der Waals surface area contributed by atoms with Crippen molar-refractivity contribution in [2.75, 3.05) is 4.72 Å². The van der Waals surface area contributed by atoms with E-state index in [1.165, 1.54) is 0 Å². The summed E-state index contributed by atoms with van der Waals surface area (Å²) in [6.45, 7) is 0. The van der Waals surface area contributed by atoms with Crippen molar-refractivity contribution in [3.8, 4) is 0 Å². The monoisotopic (exact) mass is 258 g/mol. The van der Waals surface area contributed by atoms with Gasteiger partial charge in [0.2, 0.25) is 0 Å². The highest BCUT2D eigenvalue weighted by Gasteiger charge is 2.12. The van der Waals surface area contributed by atoms with E-state index in [9.17, 15) is 12.8 Å². The molecule has 0 bridgehead atoms. The number of nitrogens with one attached hydrogen (secondary N) is 1. The van der Waals surface area contributed by atoms with Gasteiger partial charge in [-0.3, -0.25) is 4.72 Å². The second-order valence-corrected chi connectivity index (χ2v) is 4.50. The molecular formula is C6H5Cl2FN2O2S. The van der Waals surface area contributed by atoms with Gasteiger partial charge in [-0.15, -0.1) is 0 Å². The van der Waals surface area contributed by atoms with Crippen molar-refractivity contribution in [3.63, 3.8) is 0 Å². The summed E-state index contributed by atoms with van der Waals surface area (Å²) in [4.78, 5) is 0. The van der Waals surface area contributed by atoms with Crippen molar-refractivity contribution < 1.29 is 12.8 Å². The Balaban J connectivity index is 3.22. The summed E-state index contributed by atoms with van der Waals surface area (Å²) < 4.78 is 35.8. The third kappa shape index (κ3) is 2.98. The van der Waals surface area contributed by atoms with Crippen molar-refractivity contribution in [3.05, 3.63) is 28.0 Å². The highest BCUT2D eigenvalue weighted by atomic mass is 35.5. The molecule has 8 heteroatoms. The molecule has 0 aliphatic heterocycles. The normalized spacial score (nSPS) is 11.4. The highest BCUT2D eigenvalue weighted by Crippen LogP contribution is 2.31. The average Bonchev–Trinajstić information content (AvgIpc) is 1.95. The van der Waals surface area contributed by atoms with Gasteiger partial charge in [0.05, 0.1) is 15.7 Å². The van der Waals surface area contributed by atoms with E-state index < -0.39 is 16.0 Å². The topological polar surface area (TPSA) is 72.2 Å². The standard InChI is InChI=1S/C6H5Cl2FN2O2S/c7-4-1-3(9)2-5(8)6(4)11-14(10,12)13/h1-2,11H,(H2,10,12,13). The number of hydrogen-bond donors (Lipinski definition) is 2. The minimum absolute atomic E-state index is 0.141. The van der Waals surface area contributed by atoms with Crippen LogP contribution in [0.5, 0.6) is 0 Å². The van der Waals surface area contributed by atoms with E-state index in [-0.39, 0.29) is 15.7 Å². The van der Waals surface area contributed by atoms with E-state index in [0.29, 0.717) is 0 Å². The van der Waals surface area contributed by atoms with E-state index in [4.69, 9.17) is 28.3 Å². The first-order valence-electron chi connectivity index (χ1n) is 3.24. The molecule has 0 unspecified atom stereocenters. The minimum atomic E-state index is -3.98. The molecule has 0 aliphatic carbocycles. The molecular weight excluding hydrogens is 254 g/mol. The van der Waals surface area contributed by atoms with Gasteiger partial charge in [-0.05, 0) is 12.1 Å². The third-order valence-electron chi connectivity index (χ3n) is 1.25. The summed E-state index contributed by atoms with van der Waals surface area (Å²) in [5, 5.41) is 4.37.